The number of ether oxygens (including phenoxy) is 3. The van der Waals surface area contributed by atoms with Crippen LogP contribution in [0, 0.1) is 0 Å². The number of fused-ring (bicyclic) bond motifs is 5. The number of para-hydroxylation sites is 1. The van der Waals surface area contributed by atoms with Crippen molar-refractivity contribution in [2.75, 3.05) is 39.3 Å². The first-order chi connectivity index (χ1) is 16.4. The molecular weight excluding hydrogens is 442 g/mol. The molecule has 0 aliphatic carbocycles. The maximum Gasteiger partial charge on any atom is 0.325 e. The molecule has 2 aromatic carbocycles. The molecule has 0 spiro atoms. The van der Waals surface area contributed by atoms with Crippen molar-refractivity contribution in [3.63, 3.8) is 0 Å². The zero-order valence-electron chi connectivity index (χ0n) is 19.1. The third kappa shape index (κ3) is 3.81. The average Bonchev–Trinajstić information content (AvgIpc) is 3.16. The monoisotopic (exact) mass is 467 g/mol. The smallest absolute Gasteiger partial charge is 0.325 e. The molecule has 0 bridgehead atoms. The first-order valence-electron chi connectivity index (χ1n) is 10.7. The highest BCUT2D eigenvalue weighted by Crippen LogP contribution is 2.49. The number of hydrogen-bond donors (Lipinski definition) is 1. The van der Waals surface area contributed by atoms with Gasteiger partial charge < -0.3 is 24.4 Å². The summed E-state index contributed by atoms with van der Waals surface area (Å²) in [7, 11) is 4.20. The number of benzene rings is 2. The molecule has 2 aliphatic heterocycles. The van der Waals surface area contributed by atoms with Crippen molar-refractivity contribution in [2.45, 2.75) is 19.0 Å². The first kappa shape index (κ1) is 23.1. The fourth-order valence-corrected chi connectivity index (χ4v) is 4.39. The van der Waals surface area contributed by atoms with Crippen LogP contribution in [0.3, 0.4) is 0 Å². The van der Waals surface area contributed by atoms with Gasteiger partial charge in [-0.1, -0.05) is 18.2 Å². The van der Waals surface area contributed by atoms with Gasteiger partial charge in [0.15, 0.2) is 11.5 Å². The second-order valence-corrected chi connectivity index (χ2v) is 7.79. The van der Waals surface area contributed by atoms with Gasteiger partial charge in [-0.2, -0.15) is 0 Å². The van der Waals surface area contributed by atoms with Crippen LogP contribution < -0.4 is 19.7 Å². The van der Waals surface area contributed by atoms with Crippen LogP contribution in [0.1, 0.15) is 45.3 Å². The summed E-state index contributed by atoms with van der Waals surface area (Å²) < 4.78 is 15.4. The Bertz CT molecular complexity index is 1160. The maximum absolute atomic E-state index is 13.6. The van der Waals surface area contributed by atoms with E-state index in [4.69, 9.17) is 9.47 Å². The van der Waals surface area contributed by atoms with E-state index in [0.29, 0.717) is 40.3 Å². The minimum absolute atomic E-state index is 0.0991. The highest BCUT2D eigenvalue weighted by molar-refractivity contribution is 6.18. The molecule has 4 rings (SSSR count). The van der Waals surface area contributed by atoms with Crippen molar-refractivity contribution in [2.24, 2.45) is 0 Å². The van der Waals surface area contributed by atoms with Crippen LogP contribution in [0.2, 0.25) is 0 Å². The number of amides is 3. The Morgan fingerprint density at radius 1 is 1.00 bits per heavy atom. The Morgan fingerprint density at radius 2 is 1.76 bits per heavy atom. The molecule has 3 amide bonds. The number of nitrogens with one attached hydrogen (secondary N) is 1. The van der Waals surface area contributed by atoms with E-state index in [1.54, 1.807) is 46.2 Å². The summed E-state index contributed by atoms with van der Waals surface area (Å²) in [6.45, 7) is 0.00625. The van der Waals surface area contributed by atoms with Crippen LogP contribution >= 0.6 is 0 Å². The molecule has 34 heavy (non-hydrogen) atoms. The van der Waals surface area contributed by atoms with E-state index in [0.717, 1.165) is 0 Å². The lowest BCUT2D eigenvalue weighted by atomic mass is 10.0. The van der Waals surface area contributed by atoms with Crippen LogP contribution in [0.5, 0.6) is 11.5 Å². The summed E-state index contributed by atoms with van der Waals surface area (Å²) >= 11 is 0. The number of methoxy groups -OCH3 is 3. The van der Waals surface area contributed by atoms with Crippen molar-refractivity contribution in [1.82, 2.24) is 10.2 Å². The van der Waals surface area contributed by atoms with Gasteiger partial charge in [-0.05, 0) is 24.6 Å². The van der Waals surface area contributed by atoms with E-state index in [2.05, 4.69) is 10.1 Å². The Labute approximate surface area is 196 Å². The highest BCUT2D eigenvalue weighted by atomic mass is 16.5. The van der Waals surface area contributed by atoms with Crippen LogP contribution in [0.4, 0.5) is 5.69 Å². The first-order valence-corrected chi connectivity index (χ1v) is 10.7. The predicted molar refractivity (Wildman–Crippen MR) is 121 cm³/mol. The average molecular weight is 467 g/mol. The summed E-state index contributed by atoms with van der Waals surface area (Å²) in [5.74, 6) is -0.674. The third-order valence-corrected chi connectivity index (χ3v) is 5.94. The maximum atomic E-state index is 13.6. The molecule has 0 unspecified atom stereocenters. The molecule has 1 atom stereocenters. The van der Waals surface area contributed by atoms with Crippen molar-refractivity contribution in [1.29, 1.82) is 0 Å². The fourth-order valence-electron chi connectivity index (χ4n) is 4.39. The molecule has 0 fully saturated rings. The molecule has 0 saturated heterocycles. The topological polar surface area (TPSA) is 114 Å². The fraction of sp³-hybridized carbons (Fsp3) is 0.333. The molecule has 0 aromatic heterocycles. The summed E-state index contributed by atoms with van der Waals surface area (Å²) in [5.41, 5.74) is 1.89. The van der Waals surface area contributed by atoms with Gasteiger partial charge in [0.1, 0.15) is 12.7 Å². The highest BCUT2D eigenvalue weighted by Gasteiger charge is 2.49. The number of nitrogens with zero attached hydrogens (tertiary/aromatic N) is 2. The predicted octanol–water partition coefficient (Wildman–Crippen LogP) is 1.89. The minimum Gasteiger partial charge on any atom is -0.493 e. The molecule has 10 heteroatoms. The largest absolute Gasteiger partial charge is 0.493 e. The van der Waals surface area contributed by atoms with Gasteiger partial charge in [-0.3, -0.25) is 24.1 Å². The van der Waals surface area contributed by atoms with E-state index < -0.39 is 12.1 Å². The van der Waals surface area contributed by atoms with Gasteiger partial charge in [0, 0.05) is 18.5 Å². The number of carbonyl (C=O) groups is 4. The van der Waals surface area contributed by atoms with Crippen molar-refractivity contribution >= 4 is 29.4 Å². The molecule has 178 valence electrons. The Morgan fingerprint density at radius 3 is 2.47 bits per heavy atom. The summed E-state index contributed by atoms with van der Waals surface area (Å²) in [5, 5.41) is 2.48. The van der Waals surface area contributed by atoms with E-state index in [-0.39, 0.29) is 37.2 Å². The van der Waals surface area contributed by atoms with Gasteiger partial charge >= 0.3 is 5.97 Å². The quantitative estimate of drug-likeness (QED) is 0.590. The Balaban J connectivity index is 1.65. The Hall–Kier alpha value is -4.08. The summed E-state index contributed by atoms with van der Waals surface area (Å²) in [6, 6.07) is 10.4. The van der Waals surface area contributed by atoms with Crippen LogP contribution in [-0.4, -0.2) is 63.0 Å². The van der Waals surface area contributed by atoms with E-state index in [1.165, 1.54) is 21.3 Å². The van der Waals surface area contributed by atoms with Gasteiger partial charge in [0.05, 0.1) is 38.1 Å². The van der Waals surface area contributed by atoms with E-state index >= 15 is 0 Å². The second kappa shape index (κ2) is 9.42. The molecular formula is C24H25N3O7. The molecule has 1 N–H and O–H groups in total. The lowest BCUT2D eigenvalue weighted by molar-refractivity contribution is -0.141. The third-order valence-electron chi connectivity index (χ3n) is 5.94. The number of hydrogen-bond acceptors (Lipinski definition) is 7. The number of rotatable bonds is 8. The normalized spacial score (nSPS) is 15.9. The van der Waals surface area contributed by atoms with Crippen molar-refractivity contribution in [3.05, 3.63) is 53.1 Å². The summed E-state index contributed by atoms with van der Waals surface area (Å²) in [6.07, 6.45) is -0.243. The molecule has 10 nitrogen and oxygen atoms in total. The molecule has 0 radical (unpaired) electrons. The number of esters is 1. The molecule has 2 heterocycles. The van der Waals surface area contributed by atoms with Crippen LogP contribution in [-0.2, 0) is 14.3 Å². The van der Waals surface area contributed by atoms with Crippen LogP contribution in [0.15, 0.2) is 36.4 Å². The summed E-state index contributed by atoms with van der Waals surface area (Å²) in [4.78, 5) is 53.5. The number of anilines is 1. The van der Waals surface area contributed by atoms with E-state index in [9.17, 15) is 19.2 Å². The molecule has 2 aliphatic rings. The van der Waals surface area contributed by atoms with Crippen molar-refractivity contribution in [3.8, 4) is 11.5 Å². The van der Waals surface area contributed by atoms with Gasteiger partial charge in [0.25, 0.3) is 11.8 Å². The zero-order chi connectivity index (χ0) is 24.4. The van der Waals surface area contributed by atoms with Gasteiger partial charge in [-0.25, -0.2) is 0 Å². The number of carbonyl (C=O) groups excluding carboxylic acids is 4. The zero-order valence-corrected chi connectivity index (χ0v) is 19.1. The second-order valence-electron chi connectivity index (χ2n) is 7.79. The van der Waals surface area contributed by atoms with Gasteiger partial charge in [-0.15, -0.1) is 0 Å². The standard InChI is InChI=1S/C24H25N3O7/c1-32-17-11-10-15-20(21(17)34-3)24(31)27-16-8-5-4-7-14(16)23(30)26(22(15)27)12-6-9-18(28)25-13-19(29)33-2/h4-5,7-8,10-11,22H,6,9,12-13H2,1-3H3,(H,25,28)/t22-/m0/s1. The van der Waals surface area contributed by atoms with Crippen LogP contribution in [0.25, 0.3) is 0 Å². The minimum atomic E-state index is -0.678. The Kier molecular flexibility index (Phi) is 6.40. The lowest BCUT2D eigenvalue weighted by Gasteiger charge is -2.41. The van der Waals surface area contributed by atoms with E-state index in [1.807, 2.05) is 0 Å². The SMILES string of the molecule is COC(=O)CNC(=O)CCCN1C(=O)c2ccccc2N2C(=O)c3c(ccc(OC)c3OC)[C@@H]12. The lowest BCUT2D eigenvalue weighted by Crippen LogP contribution is -2.48. The molecule has 0 saturated carbocycles. The molecule has 2 aromatic rings. The van der Waals surface area contributed by atoms with Gasteiger partial charge in [0.2, 0.25) is 5.91 Å². The van der Waals surface area contributed by atoms with Crippen molar-refractivity contribution < 1.29 is 33.4 Å².